The van der Waals surface area contributed by atoms with Gasteiger partial charge in [0, 0.05) is 5.56 Å². The van der Waals surface area contributed by atoms with E-state index in [2.05, 4.69) is 0 Å². The van der Waals surface area contributed by atoms with E-state index in [-0.39, 0.29) is 15.4 Å². The third-order valence-corrected chi connectivity index (χ3v) is 4.48. The van der Waals surface area contributed by atoms with Crippen LogP contribution < -0.4 is 0 Å². The van der Waals surface area contributed by atoms with Crippen molar-refractivity contribution in [2.75, 3.05) is 7.11 Å². The molecule has 0 radical (unpaired) electrons. The Morgan fingerprint density at radius 2 is 1.75 bits per heavy atom. The summed E-state index contributed by atoms with van der Waals surface area (Å²) < 4.78 is 43.1. The zero-order valence-electron chi connectivity index (χ0n) is 10.8. The molecule has 0 unspecified atom stereocenters. The van der Waals surface area contributed by atoms with Crippen molar-refractivity contribution in [1.29, 1.82) is 0 Å². The first kappa shape index (κ1) is 14.3. The fourth-order valence-electron chi connectivity index (χ4n) is 1.69. The molecule has 0 bridgehead atoms. The number of methoxy groups -OCH3 is 1. The summed E-state index contributed by atoms with van der Waals surface area (Å²) >= 11 is 0. The number of rotatable bonds is 4. The fraction of sp³-hybridized carbons (Fsp3) is 0.0667. The molecular weight excluding hydrogens is 279 g/mol. The molecule has 5 heteroatoms. The zero-order valence-corrected chi connectivity index (χ0v) is 11.6. The van der Waals surface area contributed by atoms with Gasteiger partial charge in [-0.15, -0.1) is 0 Å². The number of ether oxygens (including phenoxy) is 1. The first-order valence-corrected chi connectivity index (χ1v) is 7.33. The summed E-state index contributed by atoms with van der Waals surface area (Å²) in [6.45, 7) is 0. The van der Waals surface area contributed by atoms with E-state index in [1.807, 2.05) is 0 Å². The minimum atomic E-state index is -3.64. The molecule has 0 aliphatic carbocycles. The number of halogens is 1. The van der Waals surface area contributed by atoms with Gasteiger partial charge in [0.05, 0.1) is 23.2 Å². The van der Waals surface area contributed by atoms with Crippen LogP contribution >= 0.6 is 0 Å². The molecule has 2 rings (SSSR count). The quantitative estimate of drug-likeness (QED) is 0.641. The second kappa shape index (κ2) is 5.88. The molecule has 0 heterocycles. The molecule has 2 aromatic carbocycles. The summed E-state index contributed by atoms with van der Waals surface area (Å²) in [4.78, 5) is 0.217. The summed E-state index contributed by atoms with van der Waals surface area (Å²) in [7, 11) is -2.22. The van der Waals surface area contributed by atoms with Gasteiger partial charge in [-0.05, 0) is 36.4 Å². The molecular formula is C15H13FO3S. The van der Waals surface area contributed by atoms with E-state index >= 15 is 0 Å². The van der Waals surface area contributed by atoms with Crippen molar-refractivity contribution in [1.82, 2.24) is 0 Å². The molecule has 0 N–H and O–H groups in total. The lowest BCUT2D eigenvalue weighted by molar-refractivity contribution is 0.341. The summed E-state index contributed by atoms with van der Waals surface area (Å²) in [5.41, 5.74) is 0.156. The number of sulfone groups is 1. The highest BCUT2D eigenvalue weighted by atomic mass is 32.2. The van der Waals surface area contributed by atoms with E-state index in [0.717, 1.165) is 6.07 Å². The van der Waals surface area contributed by atoms with Gasteiger partial charge in [0.1, 0.15) is 5.82 Å². The highest BCUT2D eigenvalue weighted by molar-refractivity contribution is 7.91. The Hall–Kier alpha value is -2.14. The van der Waals surface area contributed by atoms with Gasteiger partial charge in [-0.2, -0.15) is 0 Å². The van der Waals surface area contributed by atoms with Crippen molar-refractivity contribution < 1.29 is 17.5 Å². The lowest BCUT2D eigenvalue weighted by atomic mass is 10.2. The minimum Gasteiger partial charge on any atom is -0.504 e. The predicted octanol–water partition coefficient (Wildman–Crippen LogP) is 3.28. The van der Waals surface area contributed by atoms with Gasteiger partial charge in [-0.1, -0.05) is 18.2 Å². The molecule has 0 aliphatic heterocycles. The van der Waals surface area contributed by atoms with E-state index in [1.54, 1.807) is 18.2 Å². The van der Waals surface area contributed by atoms with Crippen LogP contribution in [0.4, 0.5) is 4.39 Å². The fourth-order valence-corrected chi connectivity index (χ4v) is 3.01. The molecule has 2 aromatic rings. The third-order valence-electron chi connectivity index (χ3n) is 2.71. The van der Waals surface area contributed by atoms with Crippen molar-refractivity contribution >= 4 is 15.9 Å². The Morgan fingerprint density at radius 3 is 2.40 bits per heavy atom. The van der Waals surface area contributed by atoms with Crippen LogP contribution in [0.5, 0.6) is 0 Å². The lowest BCUT2D eigenvalue weighted by Crippen LogP contribution is -2.02. The Balaban J connectivity index is 2.51. The summed E-state index contributed by atoms with van der Waals surface area (Å²) in [6.07, 6.45) is 2.66. The van der Waals surface area contributed by atoms with Crippen LogP contribution in [-0.4, -0.2) is 15.5 Å². The van der Waals surface area contributed by atoms with Gasteiger partial charge in [-0.25, -0.2) is 12.8 Å². The van der Waals surface area contributed by atoms with Crippen molar-refractivity contribution in [2.24, 2.45) is 0 Å². The highest BCUT2D eigenvalue weighted by Crippen LogP contribution is 2.23. The Kier molecular flexibility index (Phi) is 4.20. The lowest BCUT2D eigenvalue weighted by Gasteiger charge is -2.06. The molecule has 0 spiro atoms. The van der Waals surface area contributed by atoms with Crippen LogP contribution in [0.3, 0.4) is 0 Å². The van der Waals surface area contributed by atoms with Crippen LogP contribution in [0.2, 0.25) is 0 Å². The molecule has 20 heavy (non-hydrogen) atoms. The molecule has 0 aromatic heterocycles. The first-order valence-electron chi connectivity index (χ1n) is 5.85. The SMILES string of the molecule is CO/C=C/c1cc(S(=O)(=O)c2ccccc2)ccc1F. The van der Waals surface area contributed by atoms with Crippen LogP contribution in [-0.2, 0) is 14.6 Å². The standard InChI is InChI=1S/C15H13FO3S/c1-19-10-9-12-11-14(7-8-15(12)16)20(17,18)13-5-3-2-4-6-13/h2-11H,1H3/b10-9+. The van der Waals surface area contributed by atoms with Crippen molar-refractivity contribution in [2.45, 2.75) is 9.79 Å². The topological polar surface area (TPSA) is 43.4 Å². The van der Waals surface area contributed by atoms with Gasteiger partial charge in [0.25, 0.3) is 0 Å². The highest BCUT2D eigenvalue weighted by Gasteiger charge is 2.18. The van der Waals surface area contributed by atoms with Gasteiger partial charge >= 0.3 is 0 Å². The van der Waals surface area contributed by atoms with Crippen molar-refractivity contribution in [3.8, 4) is 0 Å². The average Bonchev–Trinajstić information content (AvgIpc) is 2.47. The first-order chi connectivity index (χ1) is 9.55. The normalized spacial score (nSPS) is 11.7. The number of hydrogen-bond donors (Lipinski definition) is 0. The van der Waals surface area contributed by atoms with Gasteiger partial charge in [0.2, 0.25) is 9.84 Å². The smallest absolute Gasteiger partial charge is 0.206 e. The third kappa shape index (κ3) is 2.88. The van der Waals surface area contributed by atoms with Crippen LogP contribution in [0.25, 0.3) is 6.08 Å². The minimum absolute atomic E-state index is 0.0425. The van der Waals surface area contributed by atoms with Crippen LogP contribution in [0.1, 0.15) is 5.56 Å². The molecule has 3 nitrogen and oxygen atoms in total. The monoisotopic (exact) mass is 292 g/mol. The zero-order chi connectivity index (χ0) is 14.6. The largest absolute Gasteiger partial charge is 0.504 e. The number of hydrogen-bond acceptors (Lipinski definition) is 3. The number of benzene rings is 2. The Morgan fingerprint density at radius 1 is 1.05 bits per heavy atom. The van der Waals surface area contributed by atoms with Crippen LogP contribution in [0.15, 0.2) is 64.6 Å². The Labute approximate surface area is 117 Å². The van der Waals surface area contributed by atoms with E-state index in [1.165, 1.54) is 43.7 Å². The van der Waals surface area contributed by atoms with Crippen molar-refractivity contribution in [3.05, 3.63) is 66.2 Å². The van der Waals surface area contributed by atoms with Crippen molar-refractivity contribution in [3.63, 3.8) is 0 Å². The second-order valence-electron chi connectivity index (χ2n) is 4.04. The predicted molar refractivity (Wildman–Crippen MR) is 74.3 cm³/mol. The van der Waals surface area contributed by atoms with Crippen LogP contribution in [0, 0.1) is 5.82 Å². The molecule has 0 saturated carbocycles. The van der Waals surface area contributed by atoms with E-state index in [9.17, 15) is 12.8 Å². The summed E-state index contributed by atoms with van der Waals surface area (Å²) in [5.74, 6) is -0.509. The molecule has 0 aliphatic rings. The van der Waals surface area contributed by atoms with Gasteiger partial charge < -0.3 is 4.74 Å². The maximum absolute atomic E-state index is 13.6. The maximum Gasteiger partial charge on any atom is 0.206 e. The van der Waals surface area contributed by atoms with Gasteiger partial charge in [-0.3, -0.25) is 0 Å². The second-order valence-corrected chi connectivity index (χ2v) is 5.99. The molecule has 0 saturated heterocycles. The van der Waals surface area contributed by atoms with E-state index in [0.29, 0.717) is 0 Å². The Bertz CT molecular complexity index is 722. The molecule has 0 fully saturated rings. The molecule has 104 valence electrons. The average molecular weight is 292 g/mol. The van der Waals surface area contributed by atoms with Gasteiger partial charge in [0.15, 0.2) is 0 Å². The van der Waals surface area contributed by atoms with E-state index in [4.69, 9.17) is 4.74 Å². The summed E-state index contributed by atoms with van der Waals surface area (Å²) in [6, 6.07) is 11.7. The molecule has 0 atom stereocenters. The summed E-state index contributed by atoms with van der Waals surface area (Å²) in [5, 5.41) is 0. The van der Waals surface area contributed by atoms with E-state index < -0.39 is 15.7 Å². The maximum atomic E-state index is 13.6. The molecule has 0 amide bonds.